The topological polar surface area (TPSA) is 55.3 Å². The summed E-state index contributed by atoms with van der Waals surface area (Å²) in [7, 11) is 0. The lowest BCUT2D eigenvalue weighted by atomic mass is 9.97. The van der Waals surface area contributed by atoms with E-state index in [4.69, 9.17) is 4.74 Å². The van der Waals surface area contributed by atoms with Gasteiger partial charge < -0.3 is 9.64 Å². The van der Waals surface area contributed by atoms with E-state index in [0.717, 1.165) is 17.5 Å². The molecule has 0 spiro atoms. The van der Waals surface area contributed by atoms with Crippen molar-refractivity contribution in [2.24, 2.45) is 0 Å². The van der Waals surface area contributed by atoms with Gasteiger partial charge in [-0.2, -0.15) is 0 Å². The number of nitrogens with zero attached hydrogens (tertiary/aromatic N) is 3. The third kappa shape index (κ3) is 3.46. The molecule has 5 nitrogen and oxygen atoms in total. The zero-order chi connectivity index (χ0) is 16.1. The van der Waals surface area contributed by atoms with Crippen molar-refractivity contribution in [2.45, 2.75) is 19.6 Å². The van der Waals surface area contributed by atoms with Crippen molar-refractivity contribution in [1.29, 1.82) is 0 Å². The van der Waals surface area contributed by atoms with E-state index < -0.39 is 0 Å². The maximum atomic E-state index is 12.5. The Labute approximate surface area is 135 Å². The standard InChI is InChI=1S/C18H19N3O2/c1-2-9-23-13-15-11-19-10-14-12-21(8-6-16(14)15)18(22)17-5-3-4-7-20-17/h2-5,7,10-11H,1,6,8-9,12-13H2. The van der Waals surface area contributed by atoms with Crippen molar-refractivity contribution in [3.8, 4) is 0 Å². The molecular weight excluding hydrogens is 290 g/mol. The van der Waals surface area contributed by atoms with Crippen molar-refractivity contribution >= 4 is 5.91 Å². The Balaban J connectivity index is 1.75. The minimum atomic E-state index is -0.0374. The molecule has 0 bridgehead atoms. The molecule has 23 heavy (non-hydrogen) atoms. The first-order valence-corrected chi connectivity index (χ1v) is 7.63. The minimum absolute atomic E-state index is 0.0374. The summed E-state index contributed by atoms with van der Waals surface area (Å²) in [6, 6.07) is 5.38. The highest BCUT2D eigenvalue weighted by Gasteiger charge is 2.24. The monoisotopic (exact) mass is 309 g/mol. The summed E-state index contributed by atoms with van der Waals surface area (Å²) in [4.78, 5) is 22.8. The van der Waals surface area contributed by atoms with Crippen molar-refractivity contribution in [2.75, 3.05) is 13.2 Å². The highest BCUT2D eigenvalue weighted by atomic mass is 16.5. The summed E-state index contributed by atoms with van der Waals surface area (Å²) in [5.41, 5.74) is 3.90. The zero-order valence-corrected chi connectivity index (χ0v) is 12.9. The lowest BCUT2D eigenvalue weighted by Gasteiger charge is -2.29. The first-order valence-electron chi connectivity index (χ1n) is 7.63. The van der Waals surface area contributed by atoms with Crippen molar-refractivity contribution in [3.63, 3.8) is 0 Å². The summed E-state index contributed by atoms with van der Waals surface area (Å²) in [6.45, 7) is 5.94. The van der Waals surface area contributed by atoms with Gasteiger partial charge in [0.25, 0.3) is 5.91 Å². The second kappa shape index (κ2) is 7.15. The number of hydrogen-bond donors (Lipinski definition) is 0. The van der Waals surface area contributed by atoms with Gasteiger partial charge >= 0.3 is 0 Å². The molecule has 0 saturated carbocycles. The quantitative estimate of drug-likeness (QED) is 0.628. The Morgan fingerprint density at radius 3 is 3.09 bits per heavy atom. The van der Waals surface area contributed by atoms with Crippen LogP contribution in [0.2, 0.25) is 0 Å². The molecule has 0 unspecified atom stereocenters. The van der Waals surface area contributed by atoms with Gasteiger partial charge in [-0.3, -0.25) is 14.8 Å². The lowest BCUT2D eigenvalue weighted by molar-refractivity contribution is 0.0727. The predicted octanol–water partition coefficient (Wildman–Crippen LogP) is 2.38. The van der Waals surface area contributed by atoms with Crippen molar-refractivity contribution in [1.82, 2.24) is 14.9 Å². The molecule has 1 aliphatic rings. The van der Waals surface area contributed by atoms with Crippen LogP contribution in [0.4, 0.5) is 0 Å². The molecule has 1 amide bonds. The number of amides is 1. The Morgan fingerprint density at radius 1 is 1.39 bits per heavy atom. The van der Waals surface area contributed by atoms with Gasteiger partial charge in [-0.05, 0) is 35.2 Å². The smallest absolute Gasteiger partial charge is 0.272 e. The molecular formula is C18H19N3O2. The number of aromatic nitrogens is 2. The number of rotatable bonds is 5. The van der Waals surface area contributed by atoms with Crippen LogP contribution in [-0.2, 0) is 24.3 Å². The van der Waals surface area contributed by atoms with E-state index >= 15 is 0 Å². The van der Waals surface area contributed by atoms with E-state index in [2.05, 4.69) is 16.5 Å². The molecule has 3 heterocycles. The molecule has 2 aromatic heterocycles. The molecule has 0 saturated heterocycles. The summed E-state index contributed by atoms with van der Waals surface area (Å²) < 4.78 is 5.53. The van der Waals surface area contributed by atoms with Crippen LogP contribution in [0.5, 0.6) is 0 Å². The number of fused-ring (bicyclic) bond motifs is 1. The Kier molecular flexibility index (Phi) is 4.78. The maximum absolute atomic E-state index is 12.5. The maximum Gasteiger partial charge on any atom is 0.272 e. The molecule has 118 valence electrons. The van der Waals surface area contributed by atoms with E-state index in [9.17, 15) is 4.79 Å². The molecule has 0 fully saturated rings. The molecule has 5 heteroatoms. The summed E-state index contributed by atoms with van der Waals surface area (Å²) >= 11 is 0. The van der Waals surface area contributed by atoms with Crippen molar-refractivity contribution < 1.29 is 9.53 Å². The zero-order valence-electron chi connectivity index (χ0n) is 12.9. The molecule has 0 aromatic carbocycles. The van der Waals surface area contributed by atoms with E-state index in [-0.39, 0.29) is 5.91 Å². The van der Waals surface area contributed by atoms with Crippen LogP contribution in [0, 0.1) is 0 Å². The summed E-state index contributed by atoms with van der Waals surface area (Å²) in [6.07, 6.45) is 7.86. The second-order valence-electron chi connectivity index (χ2n) is 5.43. The van der Waals surface area contributed by atoms with Gasteiger partial charge in [-0.25, -0.2) is 0 Å². The molecule has 3 rings (SSSR count). The molecule has 1 aliphatic heterocycles. The van der Waals surface area contributed by atoms with Crippen LogP contribution in [0.3, 0.4) is 0 Å². The third-order valence-electron chi connectivity index (χ3n) is 3.89. The average molecular weight is 309 g/mol. The van der Waals surface area contributed by atoms with Gasteiger partial charge in [0.2, 0.25) is 0 Å². The average Bonchev–Trinajstić information content (AvgIpc) is 2.62. The van der Waals surface area contributed by atoms with Crippen LogP contribution in [0.25, 0.3) is 0 Å². The SMILES string of the molecule is C=CCOCc1cncc2c1CCN(C(=O)c1ccccn1)C2. The normalized spacial score (nSPS) is 13.5. The van der Waals surface area contributed by atoms with Gasteiger partial charge in [0.05, 0.1) is 13.2 Å². The predicted molar refractivity (Wildman–Crippen MR) is 86.8 cm³/mol. The van der Waals surface area contributed by atoms with E-state index in [1.165, 1.54) is 5.56 Å². The van der Waals surface area contributed by atoms with Crippen LogP contribution in [-0.4, -0.2) is 33.9 Å². The van der Waals surface area contributed by atoms with Crippen LogP contribution in [0.15, 0.2) is 49.4 Å². The molecule has 0 radical (unpaired) electrons. The first kappa shape index (κ1) is 15.4. The Bertz CT molecular complexity index is 701. The largest absolute Gasteiger partial charge is 0.373 e. The highest BCUT2D eigenvalue weighted by molar-refractivity contribution is 5.92. The summed E-state index contributed by atoms with van der Waals surface area (Å²) in [5, 5.41) is 0. The van der Waals surface area contributed by atoms with E-state index in [0.29, 0.717) is 32.0 Å². The summed E-state index contributed by atoms with van der Waals surface area (Å²) in [5.74, 6) is -0.0374. The molecule has 0 atom stereocenters. The fourth-order valence-corrected chi connectivity index (χ4v) is 2.77. The Morgan fingerprint density at radius 2 is 2.30 bits per heavy atom. The molecule has 0 N–H and O–H groups in total. The Hall–Kier alpha value is -2.53. The molecule has 0 aliphatic carbocycles. The number of carbonyl (C=O) groups excluding carboxylic acids is 1. The van der Waals surface area contributed by atoms with Crippen LogP contribution < -0.4 is 0 Å². The van der Waals surface area contributed by atoms with Crippen LogP contribution >= 0.6 is 0 Å². The van der Waals surface area contributed by atoms with Gasteiger partial charge in [-0.1, -0.05) is 12.1 Å². The number of hydrogen-bond acceptors (Lipinski definition) is 4. The molecule has 2 aromatic rings. The lowest BCUT2D eigenvalue weighted by Crippen LogP contribution is -2.36. The van der Waals surface area contributed by atoms with Crippen LogP contribution in [0.1, 0.15) is 27.2 Å². The first-order chi connectivity index (χ1) is 11.3. The van der Waals surface area contributed by atoms with E-state index in [1.807, 2.05) is 29.4 Å². The number of pyridine rings is 2. The second-order valence-corrected chi connectivity index (χ2v) is 5.43. The van der Waals surface area contributed by atoms with Gasteiger partial charge in [0.1, 0.15) is 5.69 Å². The highest BCUT2D eigenvalue weighted by Crippen LogP contribution is 2.23. The fourth-order valence-electron chi connectivity index (χ4n) is 2.77. The van der Waals surface area contributed by atoms with Gasteiger partial charge in [0, 0.05) is 31.7 Å². The number of ether oxygens (including phenoxy) is 1. The third-order valence-corrected chi connectivity index (χ3v) is 3.89. The van der Waals surface area contributed by atoms with Gasteiger partial charge in [0.15, 0.2) is 0 Å². The fraction of sp³-hybridized carbons (Fsp3) is 0.278. The van der Waals surface area contributed by atoms with Gasteiger partial charge in [-0.15, -0.1) is 6.58 Å². The van der Waals surface area contributed by atoms with E-state index in [1.54, 1.807) is 18.3 Å². The minimum Gasteiger partial charge on any atom is -0.373 e. The number of carbonyl (C=O) groups is 1. The van der Waals surface area contributed by atoms with Crippen molar-refractivity contribution in [3.05, 3.63) is 71.8 Å².